The van der Waals surface area contributed by atoms with E-state index < -0.39 is 0 Å². The number of nitrogens with one attached hydrogen (secondary N) is 1. The number of carbonyl (C=O) groups excluding carboxylic acids is 1. The van der Waals surface area contributed by atoms with E-state index in [2.05, 4.69) is 27.8 Å². The Kier molecular flexibility index (Phi) is 5.18. The molecule has 1 aliphatic rings. The van der Waals surface area contributed by atoms with E-state index in [9.17, 15) is 9.59 Å². The fourth-order valence-electron chi connectivity index (χ4n) is 2.13. The summed E-state index contributed by atoms with van der Waals surface area (Å²) in [6.45, 7) is 4.04. The molecule has 1 amide bonds. The summed E-state index contributed by atoms with van der Waals surface area (Å²) in [5.41, 5.74) is 5.98. The highest BCUT2D eigenvalue weighted by Crippen LogP contribution is 2.29. The first-order valence-corrected chi connectivity index (χ1v) is 6.62. The number of aromatic nitrogens is 1. The van der Waals surface area contributed by atoms with Gasteiger partial charge in [0.15, 0.2) is 0 Å². The van der Waals surface area contributed by atoms with E-state index in [0.717, 1.165) is 6.42 Å². The molecule has 3 N–H and O–H groups in total. The van der Waals surface area contributed by atoms with E-state index in [-0.39, 0.29) is 29.3 Å². The average molecular weight is 351 g/mol. The molecule has 1 aliphatic heterocycles. The lowest BCUT2D eigenvalue weighted by atomic mass is 9.90. The molecule has 0 radical (unpaired) electrons. The minimum absolute atomic E-state index is 0. The van der Waals surface area contributed by atoms with Crippen LogP contribution in [0.4, 0.5) is 0 Å². The molecular weight excluding hydrogens is 334 g/mol. The second kappa shape index (κ2) is 6.07. The maximum Gasteiger partial charge on any atom is 0.262 e. The smallest absolute Gasteiger partial charge is 0.262 e. The van der Waals surface area contributed by atoms with Gasteiger partial charge in [-0.05, 0) is 40.4 Å². The van der Waals surface area contributed by atoms with Crippen LogP contribution in [-0.2, 0) is 0 Å². The summed E-state index contributed by atoms with van der Waals surface area (Å²) in [5.74, 6) is -0.0656. The van der Waals surface area contributed by atoms with Gasteiger partial charge < -0.3 is 15.6 Å². The molecule has 5 nitrogen and oxygen atoms in total. The summed E-state index contributed by atoms with van der Waals surface area (Å²) in [7, 11) is 0. The van der Waals surface area contributed by atoms with E-state index in [4.69, 9.17) is 5.73 Å². The van der Waals surface area contributed by atoms with Crippen molar-refractivity contribution < 1.29 is 4.79 Å². The molecule has 1 unspecified atom stereocenters. The van der Waals surface area contributed by atoms with Gasteiger partial charge in [-0.2, -0.15) is 0 Å². The van der Waals surface area contributed by atoms with Gasteiger partial charge in [-0.1, -0.05) is 6.92 Å². The molecule has 19 heavy (non-hydrogen) atoms. The van der Waals surface area contributed by atoms with Gasteiger partial charge in [-0.15, -0.1) is 12.4 Å². The summed E-state index contributed by atoms with van der Waals surface area (Å²) in [6, 6.07) is 1.55. The molecule has 106 valence electrons. The third-order valence-corrected chi connectivity index (χ3v) is 4.03. The number of hydrogen-bond donors (Lipinski definition) is 2. The SMILES string of the molecule is CC1(CN)CCN(C(=O)c2c[nH]c(=O)c(Br)c2)C1.Cl. The van der Waals surface area contributed by atoms with Crippen LogP contribution in [-0.4, -0.2) is 35.4 Å². The summed E-state index contributed by atoms with van der Waals surface area (Å²) < 4.78 is 0.370. The zero-order chi connectivity index (χ0) is 13.3. The predicted molar refractivity (Wildman–Crippen MR) is 79.7 cm³/mol. The lowest BCUT2D eigenvalue weighted by Gasteiger charge is -2.22. The first-order valence-electron chi connectivity index (χ1n) is 5.83. The fraction of sp³-hybridized carbons (Fsp3) is 0.500. The number of pyridine rings is 1. The highest BCUT2D eigenvalue weighted by Gasteiger charge is 2.35. The summed E-state index contributed by atoms with van der Waals surface area (Å²) in [5, 5.41) is 0. The maximum atomic E-state index is 12.3. The number of amides is 1. The Morgan fingerprint density at radius 1 is 1.63 bits per heavy atom. The number of H-pyrrole nitrogens is 1. The number of nitrogens with two attached hydrogens (primary N) is 1. The maximum absolute atomic E-state index is 12.3. The Labute approximate surface area is 126 Å². The van der Waals surface area contributed by atoms with Gasteiger partial charge in [0.2, 0.25) is 0 Å². The number of carbonyl (C=O) groups is 1. The number of hydrogen-bond acceptors (Lipinski definition) is 3. The summed E-state index contributed by atoms with van der Waals surface area (Å²) in [6.07, 6.45) is 2.37. The predicted octanol–water partition coefficient (Wildman–Crippen LogP) is 1.37. The number of halogens is 2. The van der Waals surface area contributed by atoms with Crippen LogP contribution in [0.2, 0.25) is 0 Å². The van der Waals surface area contributed by atoms with Gasteiger partial charge in [0, 0.05) is 19.3 Å². The van der Waals surface area contributed by atoms with E-state index >= 15 is 0 Å². The molecule has 1 fully saturated rings. The van der Waals surface area contributed by atoms with Crippen molar-refractivity contribution in [1.82, 2.24) is 9.88 Å². The van der Waals surface area contributed by atoms with Gasteiger partial charge in [0.25, 0.3) is 11.5 Å². The van der Waals surface area contributed by atoms with Crippen molar-refractivity contribution in [3.05, 3.63) is 32.7 Å². The number of aromatic amines is 1. The first-order chi connectivity index (χ1) is 8.45. The van der Waals surface area contributed by atoms with Gasteiger partial charge in [-0.25, -0.2) is 0 Å². The first kappa shape index (κ1) is 16.2. The van der Waals surface area contributed by atoms with E-state index in [1.54, 1.807) is 11.0 Å². The van der Waals surface area contributed by atoms with Crippen molar-refractivity contribution >= 4 is 34.2 Å². The van der Waals surface area contributed by atoms with Crippen molar-refractivity contribution in [3.63, 3.8) is 0 Å². The third kappa shape index (κ3) is 3.38. The molecule has 1 aromatic rings. The highest BCUT2D eigenvalue weighted by molar-refractivity contribution is 9.10. The lowest BCUT2D eigenvalue weighted by molar-refractivity contribution is 0.0776. The average Bonchev–Trinajstić information content (AvgIpc) is 2.75. The molecule has 0 spiro atoms. The molecule has 0 bridgehead atoms. The molecule has 0 aliphatic carbocycles. The minimum atomic E-state index is -0.236. The molecule has 0 aromatic carbocycles. The topological polar surface area (TPSA) is 79.2 Å². The Morgan fingerprint density at radius 3 is 2.84 bits per heavy atom. The quantitative estimate of drug-likeness (QED) is 0.845. The molecule has 2 rings (SSSR count). The Bertz CT molecular complexity index is 534. The second-order valence-corrected chi connectivity index (χ2v) is 5.91. The van der Waals surface area contributed by atoms with E-state index in [1.807, 2.05) is 0 Å². The molecule has 1 atom stereocenters. The number of nitrogens with zero attached hydrogens (tertiary/aromatic N) is 1. The van der Waals surface area contributed by atoms with Crippen LogP contribution in [0, 0.1) is 5.41 Å². The van der Waals surface area contributed by atoms with Crippen molar-refractivity contribution in [2.75, 3.05) is 19.6 Å². The third-order valence-electron chi connectivity index (χ3n) is 3.44. The van der Waals surface area contributed by atoms with Crippen LogP contribution >= 0.6 is 28.3 Å². The van der Waals surface area contributed by atoms with Gasteiger partial charge in [0.05, 0.1) is 10.0 Å². The Hall–Kier alpha value is -0.850. The van der Waals surface area contributed by atoms with E-state index in [0.29, 0.717) is 29.7 Å². The molecular formula is C12H17BrClN3O2. The van der Waals surface area contributed by atoms with Gasteiger partial charge in [-0.3, -0.25) is 9.59 Å². The fourth-order valence-corrected chi connectivity index (χ4v) is 2.49. The van der Waals surface area contributed by atoms with Crippen LogP contribution in [0.5, 0.6) is 0 Å². The molecule has 1 saturated heterocycles. The zero-order valence-electron chi connectivity index (χ0n) is 10.6. The Balaban J connectivity index is 0.00000180. The van der Waals surface area contributed by atoms with Crippen LogP contribution in [0.15, 0.2) is 21.5 Å². The summed E-state index contributed by atoms with van der Waals surface area (Å²) >= 11 is 3.12. The van der Waals surface area contributed by atoms with Gasteiger partial charge >= 0.3 is 0 Å². The minimum Gasteiger partial charge on any atom is -0.338 e. The normalized spacial score (nSPS) is 22.2. The summed E-state index contributed by atoms with van der Waals surface area (Å²) in [4.78, 5) is 27.8. The van der Waals surface area contributed by atoms with Crippen LogP contribution in [0.1, 0.15) is 23.7 Å². The van der Waals surface area contributed by atoms with Crippen LogP contribution < -0.4 is 11.3 Å². The largest absolute Gasteiger partial charge is 0.338 e. The molecule has 7 heteroatoms. The van der Waals surface area contributed by atoms with Crippen molar-refractivity contribution in [2.45, 2.75) is 13.3 Å². The zero-order valence-corrected chi connectivity index (χ0v) is 13.0. The molecule has 0 saturated carbocycles. The van der Waals surface area contributed by atoms with E-state index in [1.165, 1.54) is 6.20 Å². The van der Waals surface area contributed by atoms with Crippen molar-refractivity contribution in [3.8, 4) is 0 Å². The monoisotopic (exact) mass is 349 g/mol. The van der Waals surface area contributed by atoms with Gasteiger partial charge in [0.1, 0.15) is 0 Å². The lowest BCUT2D eigenvalue weighted by Crippen LogP contribution is -2.34. The Morgan fingerprint density at radius 2 is 2.32 bits per heavy atom. The van der Waals surface area contributed by atoms with Crippen molar-refractivity contribution in [2.24, 2.45) is 11.1 Å². The standard InChI is InChI=1S/C12H16BrN3O2.ClH/c1-12(6-14)2-3-16(7-12)11(18)8-4-9(13)10(17)15-5-8;/h4-5H,2-3,6-7,14H2,1H3,(H,15,17);1H. The highest BCUT2D eigenvalue weighted by atomic mass is 79.9. The van der Waals surface area contributed by atoms with Crippen LogP contribution in [0.25, 0.3) is 0 Å². The van der Waals surface area contributed by atoms with Crippen molar-refractivity contribution in [1.29, 1.82) is 0 Å². The second-order valence-electron chi connectivity index (χ2n) is 5.06. The number of rotatable bonds is 2. The molecule has 1 aromatic heterocycles. The molecule has 2 heterocycles. The van der Waals surface area contributed by atoms with Crippen LogP contribution in [0.3, 0.4) is 0 Å². The number of likely N-dealkylation sites (tertiary alicyclic amines) is 1.